The lowest BCUT2D eigenvalue weighted by Gasteiger charge is -2.34. The molecule has 1 spiro atoms. The summed E-state index contributed by atoms with van der Waals surface area (Å²) in [6, 6.07) is 9.05. The maximum Gasteiger partial charge on any atom is 0.247 e. The Morgan fingerprint density at radius 3 is 2.65 bits per heavy atom. The van der Waals surface area contributed by atoms with Gasteiger partial charge < -0.3 is 15.4 Å². The summed E-state index contributed by atoms with van der Waals surface area (Å²) in [6.45, 7) is 2.93. The number of para-hydroxylation sites is 1. The first-order valence-corrected chi connectivity index (χ1v) is 7.05. The van der Waals surface area contributed by atoms with Crippen LogP contribution in [0, 0.1) is 11.3 Å². The number of nitrogens with zero attached hydrogens (tertiary/aromatic N) is 2. The van der Waals surface area contributed by atoms with Gasteiger partial charge in [-0.15, -0.1) is 0 Å². The molecule has 0 saturated heterocycles. The molecule has 0 aromatic heterocycles. The normalized spacial score (nSPS) is 23.0. The molecule has 2 heterocycles. The number of allylic oxidation sites excluding steroid dienone is 1. The fraction of sp³-hybridized carbons (Fsp3) is 0.235. The van der Waals surface area contributed by atoms with E-state index in [9.17, 15) is 14.9 Å². The fourth-order valence-electron chi connectivity index (χ4n) is 3.53. The predicted octanol–water partition coefficient (Wildman–Crippen LogP) is 1.49. The fourth-order valence-corrected chi connectivity index (χ4v) is 3.53. The molecule has 3 rings (SSSR count). The highest BCUT2D eigenvalue weighted by Gasteiger charge is 2.60. The number of amides is 1. The quantitative estimate of drug-likeness (QED) is 0.847. The van der Waals surface area contributed by atoms with Crippen LogP contribution in [-0.4, -0.2) is 18.7 Å². The van der Waals surface area contributed by atoms with E-state index in [0.717, 1.165) is 0 Å². The smallest absolute Gasteiger partial charge is 0.247 e. The van der Waals surface area contributed by atoms with Gasteiger partial charge in [0, 0.05) is 18.3 Å². The van der Waals surface area contributed by atoms with E-state index in [1.807, 2.05) is 6.07 Å². The maximum atomic E-state index is 13.2. The van der Waals surface area contributed by atoms with Gasteiger partial charge in [-0.1, -0.05) is 18.2 Å². The summed E-state index contributed by atoms with van der Waals surface area (Å²) in [5.41, 5.74) is 5.68. The summed E-state index contributed by atoms with van der Waals surface area (Å²) in [5, 5.41) is 9.63. The first-order valence-electron chi connectivity index (χ1n) is 7.05. The van der Waals surface area contributed by atoms with Crippen molar-refractivity contribution in [3.8, 4) is 6.07 Å². The lowest BCUT2D eigenvalue weighted by molar-refractivity contribution is -0.123. The van der Waals surface area contributed by atoms with Gasteiger partial charge in [-0.25, -0.2) is 0 Å². The van der Waals surface area contributed by atoms with E-state index >= 15 is 0 Å². The lowest BCUT2D eigenvalue weighted by Crippen LogP contribution is -2.47. The van der Waals surface area contributed by atoms with Gasteiger partial charge in [0.15, 0.2) is 5.78 Å². The Balaban J connectivity index is 2.50. The molecule has 23 heavy (non-hydrogen) atoms. The Hall–Kier alpha value is -3.07. The molecule has 0 saturated carbocycles. The topological polar surface area (TPSA) is 96.4 Å². The Labute approximate surface area is 133 Å². The van der Waals surface area contributed by atoms with Crippen molar-refractivity contribution in [1.29, 1.82) is 5.26 Å². The van der Waals surface area contributed by atoms with Crippen LogP contribution in [0.3, 0.4) is 0 Å². The minimum atomic E-state index is -1.53. The second kappa shape index (κ2) is 4.71. The van der Waals surface area contributed by atoms with Crippen LogP contribution in [0.1, 0.15) is 19.4 Å². The summed E-state index contributed by atoms with van der Waals surface area (Å²) in [4.78, 5) is 26.9. The Morgan fingerprint density at radius 1 is 1.39 bits per heavy atom. The number of benzene rings is 1. The number of carbonyl (C=O) groups is 2. The summed E-state index contributed by atoms with van der Waals surface area (Å²) in [5.74, 6) is -0.617. The molecule has 1 atom stereocenters. The highest BCUT2D eigenvalue weighted by molar-refractivity contribution is 6.19. The van der Waals surface area contributed by atoms with Crippen molar-refractivity contribution < 1.29 is 14.3 Å². The number of nitriles is 1. The van der Waals surface area contributed by atoms with Crippen LogP contribution in [0.15, 0.2) is 47.1 Å². The van der Waals surface area contributed by atoms with Crippen molar-refractivity contribution in [3.05, 3.63) is 52.6 Å². The van der Waals surface area contributed by atoms with E-state index in [0.29, 0.717) is 11.3 Å². The molecule has 6 heteroatoms. The van der Waals surface area contributed by atoms with Gasteiger partial charge >= 0.3 is 0 Å². The molecule has 1 aromatic carbocycles. The van der Waals surface area contributed by atoms with Crippen LogP contribution in [0.4, 0.5) is 5.69 Å². The first-order chi connectivity index (χ1) is 10.9. The van der Waals surface area contributed by atoms with Gasteiger partial charge in [0.25, 0.3) is 0 Å². The van der Waals surface area contributed by atoms with Gasteiger partial charge in [-0.3, -0.25) is 9.59 Å². The highest BCUT2D eigenvalue weighted by atomic mass is 16.5. The van der Waals surface area contributed by atoms with Gasteiger partial charge in [0.2, 0.25) is 11.8 Å². The number of Topliss-reactive ketones (excluding diaryl/α,β-unsaturated/α-hetero) is 1. The molecule has 0 unspecified atom stereocenters. The molecule has 0 fully saturated rings. The second-order valence-corrected chi connectivity index (χ2v) is 5.57. The van der Waals surface area contributed by atoms with Crippen LogP contribution in [0.2, 0.25) is 0 Å². The number of likely N-dealkylation sites (N-methyl/N-ethyl adjacent to an activating group) is 1. The van der Waals surface area contributed by atoms with Crippen molar-refractivity contribution >= 4 is 17.4 Å². The standard InChI is InChI=1S/C17H15N3O3/c1-9(21)14-10(2)23-15(19)12(8-18)17(14)11-6-4-5-7-13(11)20(3)16(17)22/h4-7H,19H2,1-3H3/t17-/m1/s1. The summed E-state index contributed by atoms with van der Waals surface area (Å²) in [6.07, 6.45) is 0. The van der Waals surface area contributed by atoms with Crippen LogP contribution < -0.4 is 10.6 Å². The zero-order valence-corrected chi connectivity index (χ0v) is 13.0. The summed E-state index contributed by atoms with van der Waals surface area (Å²) >= 11 is 0. The Bertz CT molecular complexity index is 860. The average Bonchev–Trinajstić information content (AvgIpc) is 2.71. The van der Waals surface area contributed by atoms with Crippen molar-refractivity contribution in [3.63, 3.8) is 0 Å². The molecule has 2 N–H and O–H groups in total. The SMILES string of the molecule is CC(=O)C1=C(C)OC(N)=C(C#N)[C@@]12C(=O)N(C)c1ccccc12. The molecule has 1 aromatic rings. The first kappa shape index (κ1) is 14.9. The predicted molar refractivity (Wildman–Crippen MR) is 82.8 cm³/mol. The van der Waals surface area contributed by atoms with E-state index in [2.05, 4.69) is 0 Å². The third kappa shape index (κ3) is 1.62. The molecule has 0 radical (unpaired) electrons. The third-order valence-corrected chi connectivity index (χ3v) is 4.37. The molecule has 2 aliphatic rings. The van der Waals surface area contributed by atoms with Gasteiger partial charge in [-0.05, 0) is 19.9 Å². The minimum Gasteiger partial charge on any atom is -0.445 e. The molecule has 6 nitrogen and oxygen atoms in total. The number of fused-ring (bicyclic) bond motifs is 2. The van der Waals surface area contributed by atoms with E-state index in [-0.39, 0.29) is 34.5 Å². The molecular formula is C17H15N3O3. The van der Waals surface area contributed by atoms with Crippen LogP contribution in [-0.2, 0) is 19.7 Å². The van der Waals surface area contributed by atoms with Crippen LogP contribution >= 0.6 is 0 Å². The number of carbonyl (C=O) groups excluding carboxylic acids is 2. The minimum absolute atomic E-state index is 0.0462. The lowest BCUT2D eigenvalue weighted by atomic mass is 9.67. The average molecular weight is 309 g/mol. The number of rotatable bonds is 1. The molecular weight excluding hydrogens is 294 g/mol. The van der Waals surface area contributed by atoms with Crippen molar-refractivity contribution in [2.45, 2.75) is 19.3 Å². The Morgan fingerprint density at radius 2 is 2.04 bits per heavy atom. The molecule has 2 aliphatic heterocycles. The number of ketones is 1. The maximum absolute atomic E-state index is 13.2. The number of nitrogens with two attached hydrogens (primary N) is 1. The number of hydrogen-bond acceptors (Lipinski definition) is 5. The number of anilines is 1. The van der Waals surface area contributed by atoms with Gasteiger partial charge in [0.05, 0.1) is 5.57 Å². The van der Waals surface area contributed by atoms with Crippen molar-refractivity contribution in [2.75, 3.05) is 11.9 Å². The van der Waals surface area contributed by atoms with E-state index < -0.39 is 5.41 Å². The van der Waals surface area contributed by atoms with Gasteiger partial charge in [-0.2, -0.15) is 5.26 Å². The Kier molecular flexibility index (Phi) is 3.04. The second-order valence-electron chi connectivity index (χ2n) is 5.57. The molecule has 0 bridgehead atoms. The third-order valence-electron chi connectivity index (χ3n) is 4.37. The molecule has 0 aliphatic carbocycles. The zero-order chi connectivity index (χ0) is 16.9. The summed E-state index contributed by atoms with van der Waals surface area (Å²) in [7, 11) is 1.61. The largest absolute Gasteiger partial charge is 0.445 e. The number of hydrogen-bond donors (Lipinski definition) is 1. The monoisotopic (exact) mass is 309 g/mol. The van der Waals surface area contributed by atoms with Crippen molar-refractivity contribution in [1.82, 2.24) is 0 Å². The molecule has 116 valence electrons. The van der Waals surface area contributed by atoms with Gasteiger partial charge in [0.1, 0.15) is 22.8 Å². The van der Waals surface area contributed by atoms with E-state index in [4.69, 9.17) is 10.5 Å². The summed E-state index contributed by atoms with van der Waals surface area (Å²) < 4.78 is 5.37. The highest BCUT2D eigenvalue weighted by Crippen LogP contribution is 2.53. The zero-order valence-electron chi connectivity index (χ0n) is 13.0. The van der Waals surface area contributed by atoms with Crippen LogP contribution in [0.5, 0.6) is 0 Å². The number of ether oxygens (including phenoxy) is 1. The van der Waals surface area contributed by atoms with Crippen molar-refractivity contribution in [2.24, 2.45) is 5.73 Å². The van der Waals surface area contributed by atoms with Crippen LogP contribution in [0.25, 0.3) is 0 Å². The van der Waals surface area contributed by atoms with E-state index in [1.165, 1.54) is 11.8 Å². The molecule has 1 amide bonds. The van der Waals surface area contributed by atoms with E-state index in [1.54, 1.807) is 38.2 Å².